The zero-order chi connectivity index (χ0) is 21.5. The van der Waals surface area contributed by atoms with Crippen LogP contribution in [0.25, 0.3) is 22.0 Å². The molecule has 5 nitrogen and oxygen atoms in total. The molecule has 0 atom stereocenters. The highest BCUT2D eigenvalue weighted by atomic mass is 35.5. The predicted molar refractivity (Wildman–Crippen MR) is 126 cm³/mol. The topological polar surface area (TPSA) is 64.1 Å². The van der Waals surface area contributed by atoms with E-state index in [0.29, 0.717) is 24.5 Å². The number of benzene rings is 2. The minimum atomic E-state index is -0.0516. The summed E-state index contributed by atoms with van der Waals surface area (Å²) in [6.07, 6.45) is 2.75. The monoisotopic (exact) mass is 449 g/mol. The van der Waals surface area contributed by atoms with Crippen LogP contribution in [-0.2, 0) is 4.79 Å². The lowest BCUT2D eigenvalue weighted by Crippen LogP contribution is -2.12. The Balaban J connectivity index is 1.30. The van der Waals surface area contributed by atoms with Gasteiger partial charge in [-0.05, 0) is 55.0 Å². The van der Waals surface area contributed by atoms with Crippen LogP contribution in [0.5, 0.6) is 5.75 Å². The van der Waals surface area contributed by atoms with Gasteiger partial charge in [0, 0.05) is 34.3 Å². The molecule has 2 aromatic heterocycles. The molecule has 2 aromatic carbocycles. The van der Waals surface area contributed by atoms with Crippen molar-refractivity contribution in [3.05, 3.63) is 83.3 Å². The van der Waals surface area contributed by atoms with E-state index in [2.05, 4.69) is 15.3 Å². The third kappa shape index (κ3) is 5.90. The molecule has 2 heterocycles. The summed E-state index contributed by atoms with van der Waals surface area (Å²) in [5, 5.41) is 6.48. The lowest BCUT2D eigenvalue weighted by Gasteiger charge is -2.08. The first-order chi connectivity index (χ1) is 15.2. The number of carbonyl (C=O) groups excluding carboxylic acids is 1. The minimum Gasteiger partial charge on any atom is -0.494 e. The molecule has 4 aromatic rings. The summed E-state index contributed by atoms with van der Waals surface area (Å²) in [5.74, 6) is 0.690. The molecule has 0 fully saturated rings. The summed E-state index contributed by atoms with van der Waals surface area (Å²) in [7, 11) is 0. The van der Waals surface area contributed by atoms with E-state index in [4.69, 9.17) is 16.3 Å². The number of carbonyl (C=O) groups is 1. The van der Waals surface area contributed by atoms with Crippen LogP contribution in [0.1, 0.15) is 12.8 Å². The number of pyridine rings is 1. The lowest BCUT2D eigenvalue weighted by molar-refractivity contribution is -0.116. The molecule has 0 aliphatic carbocycles. The molecular formula is C24H20ClN3O2S. The number of aromatic nitrogens is 2. The Morgan fingerprint density at radius 2 is 1.90 bits per heavy atom. The van der Waals surface area contributed by atoms with Crippen LogP contribution in [0, 0.1) is 0 Å². The Bertz CT molecular complexity index is 1150. The van der Waals surface area contributed by atoms with E-state index in [0.717, 1.165) is 33.4 Å². The summed E-state index contributed by atoms with van der Waals surface area (Å²) < 4.78 is 5.63. The van der Waals surface area contributed by atoms with Gasteiger partial charge in [-0.2, -0.15) is 0 Å². The average molecular weight is 450 g/mol. The minimum absolute atomic E-state index is 0.0516. The molecule has 0 bridgehead atoms. The van der Waals surface area contributed by atoms with Gasteiger partial charge in [0.2, 0.25) is 5.91 Å². The first kappa shape index (κ1) is 21.0. The van der Waals surface area contributed by atoms with Crippen LogP contribution in [0.4, 0.5) is 5.69 Å². The Hall–Kier alpha value is -3.22. The average Bonchev–Trinajstić information content (AvgIpc) is 3.29. The highest BCUT2D eigenvalue weighted by molar-refractivity contribution is 7.13. The van der Waals surface area contributed by atoms with Gasteiger partial charge in [-0.15, -0.1) is 11.3 Å². The third-order valence-corrected chi connectivity index (χ3v) is 5.58. The second-order valence-electron chi connectivity index (χ2n) is 6.79. The van der Waals surface area contributed by atoms with Crippen molar-refractivity contribution in [1.29, 1.82) is 0 Å². The van der Waals surface area contributed by atoms with Crippen LogP contribution in [0.15, 0.2) is 78.3 Å². The molecule has 0 aliphatic heterocycles. The zero-order valence-electron chi connectivity index (χ0n) is 16.6. The standard InChI is InChI=1S/C24H20ClN3O2S/c25-18-9-11-20(12-10-18)30-14-4-8-23(29)27-19-6-3-5-17(15-19)22-16-31-24(28-22)21-7-1-2-13-26-21/h1-3,5-7,9-13,15-16H,4,8,14H2,(H,27,29). The van der Waals surface area contributed by atoms with Gasteiger partial charge < -0.3 is 10.1 Å². The number of amides is 1. The number of nitrogens with one attached hydrogen (secondary N) is 1. The lowest BCUT2D eigenvalue weighted by atomic mass is 10.1. The maximum atomic E-state index is 12.3. The smallest absolute Gasteiger partial charge is 0.224 e. The molecule has 7 heteroatoms. The van der Waals surface area contributed by atoms with Crippen molar-refractivity contribution in [2.75, 3.05) is 11.9 Å². The van der Waals surface area contributed by atoms with Crippen molar-refractivity contribution in [3.63, 3.8) is 0 Å². The van der Waals surface area contributed by atoms with E-state index < -0.39 is 0 Å². The van der Waals surface area contributed by atoms with E-state index >= 15 is 0 Å². The zero-order valence-corrected chi connectivity index (χ0v) is 18.2. The normalized spacial score (nSPS) is 10.6. The number of hydrogen-bond acceptors (Lipinski definition) is 5. The van der Waals surface area contributed by atoms with Gasteiger partial charge in [-0.1, -0.05) is 29.8 Å². The number of rotatable bonds is 8. The predicted octanol–water partition coefficient (Wildman–Crippen LogP) is 6.32. The second kappa shape index (κ2) is 10.2. The van der Waals surface area contributed by atoms with Crippen LogP contribution in [-0.4, -0.2) is 22.5 Å². The number of thiazole rings is 1. The molecule has 0 saturated heterocycles. The van der Waals surface area contributed by atoms with Gasteiger partial charge in [0.1, 0.15) is 10.8 Å². The third-order valence-electron chi connectivity index (χ3n) is 4.46. The first-order valence-electron chi connectivity index (χ1n) is 9.83. The van der Waals surface area contributed by atoms with Crippen molar-refractivity contribution in [2.45, 2.75) is 12.8 Å². The number of nitrogens with zero attached hydrogens (tertiary/aromatic N) is 2. The second-order valence-corrected chi connectivity index (χ2v) is 8.08. The summed E-state index contributed by atoms with van der Waals surface area (Å²) in [5.41, 5.74) is 3.40. The maximum absolute atomic E-state index is 12.3. The van der Waals surface area contributed by atoms with Gasteiger partial charge in [-0.3, -0.25) is 9.78 Å². The molecule has 1 N–H and O–H groups in total. The molecule has 4 rings (SSSR count). The van der Waals surface area contributed by atoms with Gasteiger partial charge in [0.15, 0.2) is 0 Å². The number of halogens is 1. The fourth-order valence-electron chi connectivity index (χ4n) is 2.95. The molecule has 0 aliphatic rings. The maximum Gasteiger partial charge on any atom is 0.224 e. The Labute approximate surface area is 189 Å². The number of hydrogen-bond donors (Lipinski definition) is 1. The van der Waals surface area contributed by atoms with Crippen LogP contribution < -0.4 is 10.1 Å². The molecule has 156 valence electrons. The number of anilines is 1. The molecule has 0 radical (unpaired) electrons. The molecular weight excluding hydrogens is 430 g/mol. The van der Waals surface area contributed by atoms with E-state index in [1.807, 2.05) is 60.0 Å². The molecule has 0 spiro atoms. The van der Waals surface area contributed by atoms with Gasteiger partial charge in [0.05, 0.1) is 18.0 Å². The molecule has 1 amide bonds. The van der Waals surface area contributed by atoms with Gasteiger partial charge in [0.25, 0.3) is 0 Å². The van der Waals surface area contributed by atoms with E-state index in [9.17, 15) is 4.79 Å². The SMILES string of the molecule is O=C(CCCOc1ccc(Cl)cc1)Nc1cccc(-c2csc(-c3ccccn3)n2)c1. The Kier molecular flexibility index (Phi) is 6.92. The summed E-state index contributed by atoms with van der Waals surface area (Å²) in [4.78, 5) is 21.3. The van der Waals surface area contributed by atoms with Crippen molar-refractivity contribution < 1.29 is 9.53 Å². The quantitative estimate of drug-likeness (QED) is 0.319. The fraction of sp³-hybridized carbons (Fsp3) is 0.125. The largest absolute Gasteiger partial charge is 0.494 e. The highest BCUT2D eigenvalue weighted by Gasteiger charge is 2.09. The molecule has 0 unspecified atom stereocenters. The van der Waals surface area contributed by atoms with Crippen molar-refractivity contribution in [1.82, 2.24) is 9.97 Å². The summed E-state index contributed by atoms with van der Waals surface area (Å²) in [6.45, 7) is 0.463. The van der Waals surface area contributed by atoms with E-state index in [1.165, 1.54) is 0 Å². The molecule has 31 heavy (non-hydrogen) atoms. The fourth-order valence-corrected chi connectivity index (χ4v) is 3.88. The van der Waals surface area contributed by atoms with E-state index in [-0.39, 0.29) is 5.91 Å². The van der Waals surface area contributed by atoms with Crippen molar-refractivity contribution in [3.8, 4) is 27.7 Å². The van der Waals surface area contributed by atoms with Gasteiger partial charge >= 0.3 is 0 Å². The van der Waals surface area contributed by atoms with Crippen molar-refractivity contribution >= 4 is 34.5 Å². The summed E-state index contributed by atoms with van der Waals surface area (Å²) in [6, 6.07) is 20.6. The van der Waals surface area contributed by atoms with Gasteiger partial charge in [-0.25, -0.2) is 4.98 Å². The van der Waals surface area contributed by atoms with Crippen LogP contribution in [0.2, 0.25) is 5.02 Å². The van der Waals surface area contributed by atoms with Crippen molar-refractivity contribution in [2.24, 2.45) is 0 Å². The highest BCUT2D eigenvalue weighted by Crippen LogP contribution is 2.29. The number of ether oxygens (including phenoxy) is 1. The van der Waals surface area contributed by atoms with Crippen LogP contribution >= 0.6 is 22.9 Å². The Morgan fingerprint density at radius 1 is 1.03 bits per heavy atom. The molecule has 0 saturated carbocycles. The Morgan fingerprint density at radius 3 is 2.71 bits per heavy atom. The summed E-state index contributed by atoms with van der Waals surface area (Å²) >= 11 is 7.40. The van der Waals surface area contributed by atoms with Crippen LogP contribution in [0.3, 0.4) is 0 Å². The van der Waals surface area contributed by atoms with E-state index in [1.54, 1.807) is 29.7 Å². The first-order valence-corrected chi connectivity index (χ1v) is 11.1.